The molecule has 0 atom stereocenters. The van der Waals surface area contributed by atoms with E-state index in [0.717, 1.165) is 34.7 Å². The van der Waals surface area contributed by atoms with Gasteiger partial charge in [0.05, 0.1) is 5.69 Å². The van der Waals surface area contributed by atoms with E-state index >= 15 is 0 Å². The standard InChI is InChI=1S/C16H22N4O/c1-5-20-13(4)14(12(3)19-20)10-17-16(21)18-15-9-7-6-8-11(15)2/h6-9H,5,10H2,1-4H3,(H2,17,18,21). The maximum atomic E-state index is 12.0. The van der Waals surface area contributed by atoms with E-state index in [1.165, 1.54) is 0 Å². The Labute approximate surface area is 125 Å². The van der Waals surface area contributed by atoms with Crippen molar-refractivity contribution >= 4 is 11.7 Å². The summed E-state index contributed by atoms with van der Waals surface area (Å²) < 4.78 is 1.95. The number of carbonyl (C=O) groups excluding carboxylic acids is 1. The summed E-state index contributed by atoms with van der Waals surface area (Å²) in [5.41, 5.74) is 5.01. The van der Waals surface area contributed by atoms with Gasteiger partial charge in [-0.3, -0.25) is 4.68 Å². The Balaban J connectivity index is 1.99. The summed E-state index contributed by atoms with van der Waals surface area (Å²) in [5.74, 6) is 0. The minimum absolute atomic E-state index is 0.202. The Morgan fingerprint density at radius 3 is 2.57 bits per heavy atom. The fraction of sp³-hybridized carbons (Fsp3) is 0.375. The molecular weight excluding hydrogens is 264 g/mol. The summed E-state index contributed by atoms with van der Waals surface area (Å²) in [5, 5.41) is 10.2. The molecular formula is C16H22N4O. The number of aromatic nitrogens is 2. The van der Waals surface area contributed by atoms with Crippen LogP contribution in [0.5, 0.6) is 0 Å². The van der Waals surface area contributed by atoms with Crippen molar-refractivity contribution in [3.8, 4) is 0 Å². The highest BCUT2D eigenvalue weighted by Crippen LogP contribution is 2.14. The van der Waals surface area contributed by atoms with Gasteiger partial charge in [0.15, 0.2) is 0 Å². The zero-order valence-corrected chi connectivity index (χ0v) is 13.0. The van der Waals surface area contributed by atoms with Gasteiger partial charge in [-0.2, -0.15) is 5.10 Å². The SMILES string of the molecule is CCn1nc(C)c(CNC(=O)Nc2ccccc2C)c1C. The van der Waals surface area contributed by atoms with E-state index in [9.17, 15) is 4.79 Å². The van der Waals surface area contributed by atoms with Crippen molar-refractivity contribution in [1.29, 1.82) is 0 Å². The Bertz CT molecular complexity index is 646. The van der Waals surface area contributed by atoms with Crippen LogP contribution in [-0.4, -0.2) is 15.8 Å². The van der Waals surface area contributed by atoms with Gasteiger partial charge in [0.1, 0.15) is 0 Å². The predicted octanol–water partition coefficient (Wildman–Crippen LogP) is 3.15. The summed E-state index contributed by atoms with van der Waals surface area (Å²) in [7, 11) is 0. The van der Waals surface area contributed by atoms with Crippen LogP contribution in [0.1, 0.15) is 29.4 Å². The molecule has 5 nitrogen and oxygen atoms in total. The number of hydrogen-bond acceptors (Lipinski definition) is 2. The molecule has 0 spiro atoms. The van der Waals surface area contributed by atoms with Crippen LogP contribution in [0.3, 0.4) is 0 Å². The van der Waals surface area contributed by atoms with Gasteiger partial charge in [-0.25, -0.2) is 4.79 Å². The van der Waals surface area contributed by atoms with Crippen molar-refractivity contribution < 1.29 is 4.79 Å². The molecule has 1 aromatic heterocycles. The normalized spacial score (nSPS) is 10.5. The van der Waals surface area contributed by atoms with Gasteiger partial charge in [0.25, 0.3) is 0 Å². The summed E-state index contributed by atoms with van der Waals surface area (Å²) in [6.45, 7) is 9.34. The lowest BCUT2D eigenvalue weighted by atomic mass is 10.2. The predicted molar refractivity (Wildman–Crippen MR) is 84.4 cm³/mol. The summed E-state index contributed by atoms with van der Waals surface area (Å²) in [6, 6.07) is 7.51. The number of anilines is 1. The lowest BCUT2D eigenvalue weighted by Crippen LogP contribution is -2.28. The van der Waals surface area contributed by atoms with E-state index in [4.69, 9.17) is 0 Å². The van der Waals surface area contributed by atoms with Gasteiger partial charge >= 0.3 is 6.03 Å². The van der Waals surface area contributed by atoms with Gasteiger partial charge < -0.3 is 10.6 Å². The minimum Gasteiger partial charge on any atom is -0.334 e. The fourth-order valence-corrected chi connectivity index (χ4v) is 2.35. The first-order valence-corrected chi connectivity index (χ1v) is 7.16. The summed E-state index contributed by atoms with van der Waals surface area (Å²) in [6.07, 6.45) is 0. The average Bonchev–Trinajstić information content (AvgIpc) is 2.74. The zero-order valence-electron chi connectivity index (χ0n) is 13.0. The first kappa shape index (κ1) is 15.1. The highest BCUT2D eigenvalue weighted by molar-refractivity contribution is 5.89. The van der Waals surface area contributed by atoms with Crippen LogP contribution < -0.4 is 10.6 Å². The lowest BCUT2D eigenvalue weighted by Gasteiger charge is -2.10. The lowest BCUT2D eigenvalue weighted by molar-refractivity contribution is 0.251. The minimum atomic E-state index is -0.202. The maximum absolute atomic E-state index is 12.0. The second-order valence-electron chi connectivity index (χ2n) is 5.09. The number of carbonyl (C=O) groups is 1. The molecule has 0 fully saturated rings. The topological polar surface area (TPSA) is 59.0 Å². The van der Waals surface area contributed by atoms with Crippen LogP contribution in [0, 0.1) is 20.8 Å². The highest BCUT2D eigenvalue weighted by atomic mass is 16.2. The molecule has 2 amide bonds. The molecule has 2 aromatic rings. The van der Waals surface area contributed by atoms with Crippen LogP contribution in [-0.2, 0) is 13.1 Å². The average molecular weight is 286 g/mol. The van der Waals surface area contributed by atoms with E-state index in [0.29, 0.717) is 6.54 Å². The molecule has 2 N–H and O–H groups in total. The third-order valence-electron chi connectivity index (χ3n) is 3.65. The van der Waals surface area contributed by atoms with Gasteiger partial charge in [0, 0.05) is 30.0 Å². The second-order valence-corrected chi connectivity index (χ2v) is 5.09. The number of nitrogens with zero attached hydrogens (tertiary/aromatic N) is 2. The molecule has 0 saturated carbocycles. The van der Waals surface area contributed by atoms with Crippen LogP contribution in [0.15, 0.2) is 24.3 Å². The van der Waals surface area contributed by atoms with Crippen LogP contribution in [0.25, 0.3) is 0 Å². The van der Waals surface area contributed by atoms with E-state index in [1.807, 2.05) is 49.7 Å². The Morgan fingerprint density at radius 2 is 1.95 bits per heavy atom. The molecule has 0 saturated heterocycles. The molecule has 0 bridgehead atoms. The van der Waals surface area contributed by atoms with Crippen molar-refractivity contribution in [2.24, 2.45) is 0 Å². The Morgan fingerprint density at radius 1 is 1.24 bits per heavy atom. The number of hydrogen-bond donors (Lipinski definition) is 2. The van der Waals surface area contributed by atoms with Gasteiger partial charge in [0.2, 0.25) is 0 Å². The third-order valence-corrected chi connectivity index (χ3v) is 3.65. The molecule has 1 aromatic carbocycles. The number of rotatable bonds is 4. The number of aryl methyl sites for hydroxylation is 3. The van der Waals surface area contributed by atoms with Crippen molar-refractivity contribution in [3.05, 3.63) is 46.8 Å². The number of amides is 2. The largest absolute Gasteiger partial charge is 0.334 e. The molecule has 0 aliphatic rings. The van der Waals surface area contributed by atoms with E-state index < -0.39 is 0 Å². The number of benzene rings is 1. The molecule has 0 aliphatic heterocycles. The monoisotopic (exact) mass is 286 g/mol. The van der Waals surface area contributed by atoms with Gasteiger partial charge in [-0.1, -0.05) is 18.2 Å². The molecule has 0 radical (unpaired) electrons. The van der Waals surface area contributed by atoms with E-state index in [2.05, 4.69) is 22.7 Å². The van der Waals surface area contributed by atoms with E-state index in [1.54, 1.807) is 0 Å². The van der Waals surface area contributed by atoms with Crippen LogP contribution in [0.4, 0.5) is 10.5 Å². The number of nitrogens with one attached hydrogen (secondary N) is 2. The molecule has 1 heterocycles. The molecule has 112 valence electrons. The maximum Gasteiger partial charge on any atom is 0.319 e. The summed E-state index contributed by atoms with van der Waals surface area (Å²) >= 11 is 0. The smallest absolute Gasteiger partial charge is 0.319 e. The first-order valence-electron chi connectivity index (χ1n) is 7.16. The van der Waals surface area contributed by atoms with Crippen LogP contribution >= 0.6 is 0 Å². The van der Waals surface area contributed by atoms with E-state index in [-0.39, 0.29) is 6.03 Å². The van der Waals surface area contributed by atoms with Crippen LogP contribution in [0.2, 0.25) is 0 Å². The highest BCUT2D eigenvalue weighted by Gasteiger charge is 2.11. The molecule has 0 aliphatic carbocycles. The molecule has 2 rings (SSSR count). The Hall–Kier alpha value is -2.30. The second kappa shape index (κ2) is 6.43. The fourth-order valence-electron chi connectivity index (χ4n) is 2.35. The third kappa shape index (κ3) is 3.42. The quantitative estimate of drug-likeness (QED) is 0.907. The van der Waals surface area contributed by atoms with Gasteiger partial charge in [-0.15, -0.1) is 0 Å². The van der Waals surface area contributed by atoms with Crippen molar-refractivity contribution in [1.82, 2.24) is 15.1 Å². The summed E-state index contributed by atoms with van der Waals surface area (Å²) in [4.78, 5) is 12.0. The number of para-hydroxylation sites is 1. The number of urea groups is 1. The molecule has 21 heavy (non-hydrogen) atoms. The Kier molecular flexibility index (Phi) is 4.62. The van der Waals surface area contributed by atoms with Crippen molar-refractivity contribution in [2.75, 3.05) is 5.32 Å². The van der Waals surface area contributed by atoms with Gasteiger partial charge in [-0.05, 0) is 39.3 Å². The van der Waals surface area contributed by atoms with Crippen molar-refractivity contribution in [2.45, 2.75) is 40.8 Å². The first-order chi connectivity index (χ1) is 10.0. The molecule has 0 unspecified atom stereocenters. The zero-order chi connectivity index (χ0) is 15.4. The van der Waals surface area contributed by atoms with Crippen molar-refractivity contribution in [3.63, 3.8) is 0 Å². The molecule has 5 heteroatoms.